The summed E-state index contributed by atoms with van der Waals surface area (Å²) in [6.45, 7) is 2.03. The van der Waals surface area contributed by atoms with Crippen molar-refractivity contribution < 1.29 is 9.47 Å². The van der Waals surface area contributed by atoms with Gasteiger partial charge in [-0.05, 0) is 18.1 Å². The molecule has 0 aliphatic carbocycles. The van der Waals surface area contributed by atoms with E-state index < -0.39 is 0 Å². The maximum absolute atomic E-state index is 8.85. The topological polar surface area (TPSA) is 42.2 Å². The number of hydrogen-bond acceptors (Lipinski definition) is 3. The Morgan fingerprint density at radius 2 is 1.86 bits per heavy atom. The minimum Gasteiger partial charge on any atom is -0.496 e. The van der Waals surface area contributed by atoms with E-state index in [2.05, 4.69) is 6.07 Å². The molecule has 3 heteroatoms. The summed E-state index contributed by atoms with van der Waals surface area (Å²) in [6, 6.07) is 5.62. The molecule has 1 aromatic carbocycles. The molecule has 0 unspecified atom stereocenters. The van der Waals surface area contributed by atoms with Gasteiger partial charge in [-0.3, -0.25) is 0 Å². The fourth-order valence-electron chi connectivity index (χ4n) is 1.32. The Balaban J connectivity index is 3.30. The van der Waals surface area contributed by atoms with Crippen LogP contribution in [0.4, 0.5) is 0 Å². The normalized spacial score (nSPS) is 9.29. The largest absolute Gasteiger partial charge is 0.496 e. The third-order valence-electron chi connectivity index (χ3n) is 2.10. The molecule has 0 amide bonds. The maximum atomic E-state index is 8.85. The Labute approximate surface area is 83.9 Å². The van der Waals surface area contributed by atoms with Gasteiger partial charge in [-0.25, -0.2) is 0 Å². The van der Waals surface area contributed by atoms with Gasteiger partial charge in [0.25, 0.3) is 0 Å². The minimum absolute atomic E-state index is 0.501. The summed E-state index contributed by atoms with van der Waals surface area (Å²) in [6.07, 6.45) is 0.852. The molecule has 0 atom stereocenters. The van der Waals surface area contributed by atoms with E-state index in [9.17, 15) is 0 Å². The number of nitrogens with zero attached hydrogens (tertiary/aromatic N) is 1. The Hall–Kier alpha value is -1.69. The van der Waals surface area contributed by atoms with E-state index in [0.717, 1.165) is 17.7 Å². The molecule has 0 heterocycles. The number of aryl methyl sites for hydroxylation is 1. The van der Waals surface area contributed by atoms with Crippen LogP contribution in [0.25, 0.3) is 0 Å². The van der Waals surface area contributed by atoms with Gasteiger partial charge in [0.1, 0.15) is 17.6 Å². The quantitative estimate of drug-likeness (QED) is 0.735. The highest BCUT2D eigenvalue weighted by Crippen LogP contribution is 2.28. The predicted octanol–water partition coefficient (Wildman–Crippen LogP) is 2.14. The number of benzene rings is 1. The van der Waals surface area contributed by atoms with Crippen LogP contribution < -0.4 is 9.47 Å². The van der Waals surface area contributed by atoms with Gasteiger partial charge in [-0.15, -0.1) is 0 Å². The third-order valence-corrected chi connectivity index (χ3v) is 2.10. The Kier molecular flexibility index (Phi) is 3.35. The van der Waals surface area contributed by atoms with Gasteiger partial charge in [0.15, 0.2) is 0 Å². The zero-order valence-corrected chi connectivity index (χ0v) is 8.63. The van der Waals surface area contributed by atoms with Crippen molar-refractivity contribution in [2.45, 2.75) is 13.3 Å². The standard InChI is InChI=1S/C11H13NO2/c1-4-8-5-11(14-3)9(7-12)6-10(8)13-2/h5-6H,4H2,1-3H3. The van der Waals surface area contributed by atoms with Crippen molar-refractivity contribution in [1.29, 1.82) is 5.26 Å². The molecule has 0 aliphatic heterocycles. The van der Waals surface area contributed by atoms with Crippen LogP contribution in [0.3, 0.4) is 0 Å². The van der Waals surface area contributed by atoms with Gasteiger partial charge in [0.05, 0.1) is 19.8 Å². The van der Waals surface area contributed by atoms with Crippen LogP contribution in [-0.4, -0.2) is 14.2 Å². The second-order valence-electron chi connectivity index (χ2n) is 2.83. The zero-order chi connectivity index (χ0) is 10.6. The second-order valence-corrected chi connectivity index (χ2v) is 2.83. The lowest BCUT2D eigenvalue weighted by atomic mass is 10.1. The first kappa shape index (κ1) is 10.4. The highest BCUT2D eigenvalue weighted by molar-refractivity contribution is 5.51. The van der Waals surface area contributed by atoms with E-state index >= 15 is 0 Å². The lowest BCUT2D eigenvalue weighted by molar-refractivity contribution is 0.398. The molecule has 1 aromatic rings. The molecule has 14 heavy (non-hydrogen) atoms. The van der Waals surface area contributed by atoms with Crippen molar-refractivity contribution in [1.82, 2.24) is 0 Å². The molecule has 0 saturated heterocycles. The lowest BCUT2D eigenvalue weighted by Gasteiger charge is -2.10. The summed E-state index contributed by atoms with van der Waals surface area (Å²) in [5, 5.41) is 8.85. The van der Waals surface area contributed by atoms with Gasteiger partial charge in [-0.2, -0.15) is 5.26 Å². The van der Waals surface area contributed by atoms with E-state index in [1.807, 2.05) is 13.0 Å². The van der Waals surface area contributed by atoms with Gasteiger partial charge in [-0.1, -0.05) is 6.92 Å². The smallest absolute Gasteiger partial charge is 0.137 e. The summed E-state index contributed by atoms with van der Waals surface area (Å²) in [4.78, 5) is 0. The fraction of sp³-hybridized carbons (Fsp3) is 0.364. The predicted molar refractivity (Wildman–Crippen MR) is 53.6 cm³/mol. The highest BCUT2D eigenvalue weighted by Gasteiger charge is 2.08. The van der Waals surface area contributed by atoms with Gasteiger partial charge < -0.3 is 9.47 Å². The third kappa shape index (κ3) is 1.80. The lowest BCUT2D eigenvalue weighted by Crippen LogP contribution is -1.95. The second kappa shape index (κ2) is 4.52. The van der Waals surface area contributed by atoms with Crippen LogP contribution in [0.2, 0.25) is 0 Å². The van der Waals surface area contributed by atoms with Crippen molar-refractivity contribution >= 4 is 0 Å². The number of hydrogen-bond donors (Lipinski definition) is 0. The van der Waals surface area contributed by atoms with E-state index in [-0.39, 0.29) is 0 Å². The van der Waals surface area contributed by atoms with E-state index in [0.29, 0.717) is 11.3 Å². The number of nitriles is 1. The first-order valence-corrected chi connectivity index (χ1v) is 4.41. The van der Waals surface area contributed by atoms with Gasteiger partial charge in [0.2, 0.25) is 0 Å². The molecule has 0 aliphatic rings. The van der Waals surface area contributed by atoms with Crippen molar-refractivity contribution in [2.24, 2.45) is 0 Å². The Morgan fingerprint density at radius 3 is 2.29 bits per heavy atom. The monoisotopic (exact) mass is 191 g/mol. The molecular formula is C11H13NO2. The van der Waals surface area contributed by atoms with Crippen LogP contribution in [-0.2, 0) is 6.42 Å². The van der Waals surface area contributed by atoms with Crippen molar-refractivity contribution in [3.63, 3.8) is 0 Å². The van der Waals surface area contributed by atoms with Crippen LogP contribution >= 0.6 is 0 Å². The molecule has 3 nitrogen and oxygen atoms in total. The summed E-state index contributed by atoms with van der Waals surface area (Å²) < 4.78 is 10.3. The Morgan fingerprint density at radius 1 is 1.21 bits per heavy atom. The Bertz CT molecular complexity index is 366. The molecule has 0 fully saturated rings. The average molecular weight is 191 g/mol. The fourth-order valence-corrected chi connectivity index (χ4v) is 1.32. The van der Waals surface area contributed by atoms with Crippen LogP contribution in [0.15, 0.2) is 12.1 Å². The molecular weight excluding hydrogens is 178 g/mol. The summed E-state index contributed by atoms with van der Waals surface area (Å²) in [5.41, 5.74) is 1.55. The van der Waals surface area contributed by atoms with Crippen LogP contribution in [0, 0.1) is 11.3 Å². The number of ether oxygens (including phenoxy) is 2. The number of methoxy groups -OCH3 is 2. The highest BCUT2D eigenvalue weighted by atomic mass is 16.5. The molecule has 1 rings (SSSR count). The van der Waals surface area contributed by atoms with Crippen LogP contribution in [0.5, 0.6) is 11.5 Å². The molecule has 0 saturated carbocycles. The van der Waals surface area contributed by atoms with Crippen molar-refractivity contribution in [3.05, 3.63) is 23.3 Å². The van der Waals surface area contributed by atoms with E-state index in [4.69, 9.17) is 14.7 Å². The molecule has 74 valence electrons. The molecule has 0 spiro atoms. The summed E-state index contributed by atoms with van der Waals surface area (Å²) >= 11 is 0. The van der Waals surface area contributed by atoms with Crippen molar-refractivity contribution in [2.75, 3.05) is 14.2 Å². The first-order valence-electron chi connectivity index (χ1n) is 4.41. The minimum atomic E-state index is 0.501. The zero-order valence-electron chi connectivity index (χ0n) is 8.63. The summed E-state index contributed by atoms with van der Waals surface area (Å²) in [7, 11) is 3.16. The van der Waals surface area contributed by atoms with E-state index in [1.165, 1.54) is 0 Å². The average Bonchev–Trinajstić information content (AvgIpc) is 2.26. The van der Waals surface area contributed by atoms with Gasteiger partial charge in [0, 0.05) is 6.07 Å². The molecule has 0 bridgehead atoms. The van der Waals surface area contributed by atoms with E-state index in [1.54, 1.807) is 20.3 Å². The first-order chi connectivity index (χ1) is 6.76. The maximum Gasteiger partial charge on any atom is 0.137 e. The molecule has 0 N–H and O–H groups in total. The van der Waals surface area contributed by atoms with Crippen molar-refractivity contribution in [3.8, 4) is 17.6 Å². The summed E-state index contributed by atoms with van der Waals surface area (Å²) in [5.74, 6) is 1.34. The van der Waals surface area contributed by atoms with Crippen LogP contribution in [0.1, 0.15) is 18.1 Å². The van der Waals surface area contributed by atoms with Gasteiger partial charge >= 0.3 is 0 Å². The number of rotatable bonds is 3. The SMILES string of the molecule is CCc1cc(OC)c(C#N)cc1OC. The molecule has 0 radical (unpaired) electrons. The molecule has 0 aromatic heterocycles.